The average molecular weight is 234 g/mol. The summed E-state index contributed by atoms with van der Waals surface area (Å²) in [5.41, 5.74) is 2.90. The van der Waals surface area contributed by atoms with Crippen molar-refractivity contribution in [1.29, 1.82) is 0 Å². The van der Waals surface area contributed by atoms with Gasteiger partial charge in [0.2, 0.25) is 0 Å². The molecule has 1 aromatic carbocycles. The molecule has 2 rings (SSSR count). The van der Waals surface area contributed by atoms with Gasteiger partial charge in [-0.25, -0.2) is 4.98 Å². The fourth-order valence-electron chi connectivity index (χ4n) is 2.05. The Morgan fingerprint density at radius 3 is 3.00 bits per heavy atom. The van der Waals surface area contributed by atoms with Gasteiger partial charge in [0.25, 0.3) is 0 Å². The molecule has 0 aliphatic carbocycles. The monoisotopic (exact) mass is 234 g/mol. The first kappa shape index (κ1) is 12.1. The van der Waals surface area contributed by atoms with Gasteiger partial charge in [-0.05, 0) is 37.6 Å². The van der Waals surface area contributed by atoms with Crippen LogP contribution < -0.4 is 5.32 Å². The molecule has 1 aromatic heterocycles. The molecule has 1 atom stereocenters. The third-order valence-electron chi connectivity index (χ3n) is 2.92. The van der Waals surface area contributed by atoms with Crippen LogP contribution >= 0.6 is 0 Å². The Balaban J connectivity index is 2.26. The summed E-state index contributed by atoms with van der Waals surface area (Å²) in [4.78, 5) is 4.33. The molecule has 4 heteroatoms. The molecule has 0 aliphatic heterocycles. The third-order valence-corrected chi connectivity index (χ3v) is 2.92. The standard InChI is InChI=1S/C13H18N2O2/c1-9-15-12-8-10(5-6-13(12)17-9)11(14-2)4-3-7-16/h5-6,8,11,14,16H,3-4,7H2,1-2H3. The second-order valence-electron chi connectivity index (χ2n) is 4.17. The number of nitrogens with zero attached hydrogens (tertiary/aromatic N) is 1. The highest BCUT2D eigenvalue weighted by atomic mass is 16.3. The first-order valence-electron chi connectivity index (χ1n) is 5.90. The van der Waals surface area contributed by atoms with Crippen LogP contribution in [0.25, 0.3) is 11.1 Å². The zero-order valence-electron chi connectivity index (χ0n) is 10.2. The fourth-order valence-corrected chi connectivity index (χ4v) is 2.05. The van der Waals surface area contributed by atoms with Crippen LogP contribution in [0.3, 0.4) is 0 Å². The number of benzene rings is 1. The van der Waals surface area contributed by atoms with Crippen LogP contribution in [0.15, 0.2) is 22.6 Å². The summed E-state index contributed by atoms with van der Waals surface area (Å²) >= 11 is 0. The Kier molecular flexibility index (Phi) is 3.76. The van der Waals surface area contributed by atoms with E-state index in [1.807, 2.05) is 32.2 Å². The molecule has 4 nitrogen and oxygen atoms in total. The molecule has 0 fully saturated rings. The Hall–Kier alpha value is -1.39. The lowest BCUT2D eigenvalue weighted by molar-refractivity contribution is 0.276. The van der Waals surface area contributed by atoms with E-state index < -0.39 is 0 Å². The predicted octanol–water partition coefficient (Wildman–Crippen LogP) is 2.17. The van der Waals surface area contributed by atoms with E-state index in [9.17, 15) is 0 Å². The lowest BCUT2D eigenvalue weighted by Crippen LogP contribution is -2.16. The maximum absolute atomic E-state index is 8.88. The topological polar surface area (TPSA) is 58.3 Å². The smallest absolute Gasteiger partial charge is 0.192 e. The van der Waals surface area contributed by atoms with Gasteiger partial charge in [0.1, 0.15) is 5.52 Å². The van der Waals surface area contributed by atoms with E-state index in [-0.39, 0.29) is 12.6 Å². The molecular formula is C13H18N2O2. The highest BCUT2D eigenvalue weighted by Gasteiger charge is 2.11. The van der Waals surface area contributed by atoms with Gasteiger partial charge in [0.05, 0.1) is 0 Å². The van der Waals surface area contributed by atoms with E-state index in [0.29, 0.717) is 5.89 Å². The van der Waals surface area contributed by atoms with Gasteiger partial charge in [-0.3, -0.25) is 0 Å². The first-order valence-corrected chi connectivity index (χ1v) is 5.90. The molecule has 1 heterocycles. The minimum atomic E-state index is 0.226. The van der Waals surface area contributed by atoms with E-state index in [2.05, 4.69) is 10.3 Å². The Morgan fingerprint density at radius 2 is 2.29 bits per heavy atom. The molecule has 0 radical (unpaired) electrons. The van der Waals surface area contributed by atoms with Gasteiger partial charge >= 0.3 is 0 Å². The molecule has 92 valence electrons. The maximum atomic E-state index is 8.88. The molecule has 1 unspecified atom stereocenters. The summed E-state index contributed by atoms with van der Waals surface area (Å²) in [6.45, 7) is 2.07. The number of hydrogen-bond acceptors (Lipinski definition) is 4. The SMILES string of the molecule is CNC(CCCO)c1ccc2oc(C)nc2c1. The number of fused-ring (bicyclic) bond motifs is 1. The average Bonchev–Trinajstić information content (AvgIpc) is 2.69. The van der Waals surface area contributed by atoms with E-state index in [1.165, 1.54) is 5.56 Å². The summed E-state index contributed by atoms with van der Waals surface area (Å²) < 4.78 is 5.45. The molecule has 0 bridgehead atoms. The van der Waals surface area contributed by atoms with Crippen LogP contribution in [0.5, 0.6) is 0 Å². The highest BCUT2D eigenvalue weighted by molar-refractivity contribution is 5.73. The van der Waals surface area contributed by atoms with Gasteiger partial charge in [0, 0.05) is 19.6 Å². The Morgan fingerprint density at radius 1 is 1.47 bits per heavy atom. The third kappa shape index (κ3) is 2.65. The molecule has 2 N–H and O–H groups in total. The van der Waals surface area contributed by atoms with Gasteiger partial charge in [0.15, 0.2) is 11.5 Å². The normalized spacial score (nSPS) is 13.1. The number of aromatic nitrogens is 1. The Bertz CT molecular complexity index is 493. The van der Waals surface area contributed by atoms with Crippen molar-refractivity contribution in [3.63, 3.8) is 0 Å². The molecular weight excluding hydrogens is 216 g/mol. The molecule has 0 aliphatic rings. The number of oxazole rings is 1. The van der Waals surface area contributed by atoms with Crippen molar-refractivity contribution in [3.05, 3.63) is 29.7 Å². The van der Waals surface area contributed by atoms with Crippen molar-refractivity contribution in [2.45, 2.75) is 25.8 Å². The molecule has 17 heavy (non-hydrogen) atoms. The second kappa shape index (κ2) is 5.29. The first-order chi connectivity index (χ1) is 8.24. The predicted molar refractivity (Wildman–Crippen MR) is 66.9 cm³/mol. The Labute approximate surface area is 101 Å². The fraction of sp³-hybridized carbons (Fsp3) is 0.462. The summed E-state index contributed by atoms with van der Waals surface area (Å²) in [6, 6.07) is 6.30. The largest absolute Gasteiger partial charge is 0.441 e. The van der Waals surface area contributed by atoms with Gasteiger partial charge < -0.3 is 14.8 Å². The maximum Gasteiger partial charge on any atom is 0.192 e. The number of aliphatic hydroxyl groups excluding tert-OH is 1. The summed E-state index contributed by atoms with van der Waals surface area (Å²) in [5, 5.41) is 12.1. The van der Waals surface area contributed by atoms with Crippen molar-refractivity contribution in [2.75, 3.05) is 13.7 Å². The minimum absolute atomic E-state index is 0.226. The van der Waals surface area contributed by atoms with E-state index in [4.69, 9.17) is 9.52 Å². The van der Waals surface area contributed by atoms with Gasteiger partial charge in [-0.15, -0.1) is 0 Å². The molecule has 2 aromatic rings. The summed E-state index contributed by atoms with van der Waals surface area (Å²) in [5.74, 6) is 0.688. The zero-order chi connectivity index (χ0) is 12.3. The minimum Gasteiger partial charge on any atom is -0.441 e. The van der Waals surface area contributed by atoms with Crippen LogP contribution in [0, 0.1) is 6.92 Å². The van der Waals surface area contributed by atoms with Crippen LogP contribution in [-0.4, -0.2) is 23.7 Å². The van der Waals surface area contributed by atoms with Crippen LogP contribution in [0.4, 0.5) is 0 Å². The van der Waals surface area contributed by atoms with E-state index >= 15 is 0 Å². The van der Waals surface area contributed by atoms with Crippen LogP contribution in [0.1, 0.15) is 30.3 Å². The lowest BCUT2D eigenvalue weighted by atomic mass is 10.0. The van der Waals surface area contributed by atoms with Crippen molar-refractivity contribution >= 4 is 11.1 Å². The number of aliphatic hydroxyl groups is 1. The summed E-state index contributed by atoms with van der Waals surface area (Å²) in [6.07, 6.45) is 1.71. The van der Waals surface area contributed by atoms with Crippen LogP contribution in [0.2, 0.25) is 0 Å². The van der Waals surface area contributed by atoms with Crippen LogP contribution in [-0.2, 0) is 0 Å². The van der Waals surface area contributed by atoms with E-state index in [1.54, 1.807) is 0 Å². The second-order valence-corrected chi connectivity index (χ2v) is 4.17. The van der Waals surface area contributed by atoms with Gasteiger partial charge in [-0.2, -0.15) is 0 Å². The number of nitrogens with one attached hydrogen (secondary N) is 1. The lowest BCUT2D eigenvalue weighted by Gasteiger charge is -2.15. The van der Waals surface area contributed by atoms with Gasteiger partial charge in [-0.1, -0.05) is 6.07 Å². The molecule has 0 amide bonds. The number of aryl methyl sites for hydroxylation is 1. The molecule has 0 saturated carbocycles. The molecule has 0 spiro atoms. The van der Waals surface area contributed by atoms with Crippen molar-refractivity contribution in [2.24, 2.45) is 0 Å². The highest BCUT2D eigenvalue weighted by Crippen LogP contribution is 2.23. The number of rotatable bonds is 5. The van der Waals surface area contributed by atoms with Crippen molar-refractivity contribution in [3.8, 4) is 0 Å². The summed E-state index contributed by atoms with van der Waals surface area (Å²) in [7, 11) is 1.93. The van der Waals surface area contributed by atoms with Crippen molar-refractivity contribution in [1.82, 2.24) is 10.3 Å². The quantitative estimate of drug-likeness (QED) is 0.832. The van der Waals surface area contributed by atoms with Crippen molar-refractivity contribution < 1.29 is 9.52 Å². The zero-order valence-corrected chi connectivity index (χ0v) is 10.2. The number of hydrogen-bond donors (Lipinski definition) is 2. The van der Waals surface area contributed by atoms with E-state index in [0.717, 1.165) is 23.9 Å². The molecule has 0 saturated heterocycles.